The van der Waals surface area contributed by atoms with Gasteiger partial charge >= 0.3 is 0 Å². The average Bonchev–Trinajstić information content (AvgIpc) is 3.39. The van der Waals surface area contributed by atoms with E-state index in [-0.39, 0.29) is 23.7 Å². The van der Waals surface area contributed by atoms with Crippen molar-refractivity contribution in [2.24, 2.45) is 0 Å². The number of pyridine rings is 1. The number of hydrogen-bond donors (Lipinski definition) is 1. The normalized spacial score (nSPS) is 10.9. The highest BCUT2D eigenvalue weighted by Gasteiger charge is 2.18. The molecule has 0 fully saturated rings. The first-order valence-corrected chi connectivity index (χ1v) is 10.0. The summed E-state index contributed by atoms with van der Waals surface area (Å²) in [5.74, 6) is 0.295. The van der Waals surface area contributed by atoms with E-state index in [1.165, 1.54) is 4.68 Å². The Morgan fingerprint density at radius 2 is 1.69 bits per heavy atom. The second-order valence-electron chi connectivity index (χ2n) is 7.09. The number of carbonyl (C=O) groups excluding carboxylic acids is 1. The summed E-state index contributed by atoms with van der Waals surface area (Å²) in [6.07, 6.45) is 6.79. The molecule has 8 heteroatoms. The quantitative estimate of drug-likeness (QED) is 0.470. The summed E-state index contributed by atoms with van der Waals surface area (Å²) in [7, 11) is 0. The maximum Gasteiger partial charge on any atom is 0.279 e. The minimum absolute atomic E-state index is 0.178. The molecule has 0 saturated heterocycles. The highest BCUT2D eigenvalue weighted by molar-refractivity contribution is 6.04. The number of imidazole rings is 1. The molecular weight excluding hydrogens is 404 g/mol. The standard InChI is InChI=1S/C24H18N6O2/c31-23(27-15-17-7-6-12-26-22(17)29-14-13-25-16-29)21-19-10-4-5-11-20(19)24(32)30(28-21)18-8-2-1-3-9-18/h1-14,16H,15H2,(H,27,31). The number of rotatable bonds is 5. The Bertz CT molecular complexity index is 1460. The number of nitrogens with zero attached hydrogens (tertiary/aromatic N) is 5. The molecule has 0 unspecified atom stereocenters. The molecule has 2 aromatic carbocycles. The van der Waals surface area contributed by atoms with Gasteiger partial charge in [0.2, 0.25) is 0 Å². The number of aromatic nitrogens is 5. The number of benzene rings is 2. The van der Waals surface area contributed by atoms with E-state index in [0.717, 1.165) is 5.56 Å². The van der Waals surface area contributed by atoms with Crippen LogP contribution in [-0.4, -0.2) is 30.2 Å². The van der Waals surface area contributed by atoms with Gasteiger partial charge in [-0.3, -0.25) is 14.2 Å². The molecule has 5 rings (SSSR count). The molecule has 0 aliphatic rings. The van der Waals surface area contributed by atoms with Crippen molar-refractivity contribution in [1.82, 2.24) is 29.6 Å². The lowest BCUT2D eigenvalue weighted by molar-refractivity contribution is 0.0946. The fraction of sp³-hybridized carbons (Fsp3) is 0.0417. The van der Waals surface area contributed by atoms with Crippen molar-refractivity contribution in [2.45, 2.75) is 6.54 Å². The van der Waals surface area contributed by atoms with Gasteiger partial charge in [0.05, 0.1) is 11.1 Å². The maximum atomic E-state index is 13.2. The lowest BCUT2D eigenvalue weighted by Gasteiger charge is -2.13. The monoisotopic (exact) mass is 422 g/mol. The topological polar surface area (TPSA) is 94.7 Å². The molecule has 1 amide bonds. The van der Waals surface area contributed by atoms with Crippen LogP contribution in [0.15, 0.2) is 96.4 Å². The molecule has 0 atom stereocenters. The molecule has 0 aliphatic heterocycles. The summed E-state index contributed by atoms with van der Waals surface area (Å²) in [5.41, 5.74) is 1.31. The third-order valence-corrected chi connectivity index (χ3v) is 5.08. The van der Waals surface area contributed by atoms with Crippen molar-refractivity contribution in [3.8, 4) is 11.5 Å². The molecule has 156 valence electrons. The van der Waals surface area contributed by atoms with Crippen LogP contribution in [0.1, 0.15) is 16.1 Å². The van der Waals surface area contributed by atoms with Crippen molar-refractivity contribution < 1.29 is 4.79 Å². The van der Waals surface area contributed by atoms with E-state index in [4.69, 9.17) is 0 Å². The predicted octanol–water partition coefficient (Wildman–Crippen LogP) is 2.90. The van der Waals surface area contributed by atoms with Crippen LogP contribution in [0.5, 0.6) is 0 Å². The van der Waals surface area contributed by atoms with Gasteiger partial charge in [0.15, 0.2) is 5.69 Å². The Balaban J connectivity index is 1.52. The zero-order valence-electron chi connectivity index (χ0n) is 16.9. The van der Waals surface area contributed by atoms with Crippen LogP contribution in [0.4, 0.5) is 0 Å². The van der Waals surface area contributed by atoms with E-state index in [1.807, 2.05) is 30.3 Å². The van der Waals surface area contributed by atoms with Gasteiger partial charge in [-0.05, 0) is 24.3 Å². The third kappa shape index (κ3) is 3.54. The van der Waals surface area contributed by atoms with Crippen LogP contribution in [-0.2, 0) is 6.54 Å². The Labute approximate surface area is 182 Å². The van der Waals surface area contributed by atoms with Crippen LogP contribution in [0.3, 0.4) is 0 Å². The molecule has 3 aromatic heterocycles. The van der Waals surface area contributed by atoms with E-state index in [1.54, 1.807) is 65.9 Å². The van der Waals surface area contributed by atoms with Crippen LogP contribution >= 0.6 is 0 Å². The van der Waals surface area contributed by atoms with Crippen LogP contribution in [0.25, 0.3) is 22.3 Å². The van der Waals surface area contributed by atoms with Gasteiger partial charge in [-0.15, -0.1) is 0 Å². The molecule has 32 heavy (non-hydrogen) atoms. The number of para-hydroxylation sites is 1. The number of hydrogen-bond acceptors (Lipinski definition) is 5. The Morgan fingerprint density at radius 1 is 0.906 bits per heavy atom. The van der Waals surface area contributed by atoms with Crippen LogP contribution in [0, 0.1) is 0 Å². The highest BCUT2D eigenvalue weighted by atomic mass is 16.2. The van der Waals surface area contributed by atoms with E-state index in [2.05, 4.69) is 20.4 Å². The average molecular weight is 422 g/mol. The minimum atomic E-state index is -0.383. The van der Waals surface area contributed by atoms with Gasteiger partial charge in [-0.25, -0.2) is 9.97 Å². The fourth-order valence-corrected chi connectivity index (χ4v) is 3.55. The van der Waals surface area contributed by atoms with E-state index in [0.29, 0.717) is 22.3 Å². The molecule has 0 bridgehead atoms. The Hall–Kier alpha value is -4.59. The predicted molar refractivity (Wildman–Crippen MR) is 120 cm³/mol. The highest BCUT2D eigenvalue weighted by Crippen LogP contribution is 2.16. The Kier molecular flexibility index (Phi) is 5.01. The SMILES string of the molecule is O=C(NCc1cccnc1-n1ccnc1)c1nn(-c2ccccc2)c(=O)c2ccccc12. The Morgan fingerprint density at radius 3 is 2.47 bits per heavy atom. The molecule has 3 heterocycles. The molecule has 0 aliphatic carbocycles. The third-order valence-electron chi connectivity index (χ3n) is 5.08. The van der Waals surface area contributed by atoms with Crippen molar-refractivity contribution in [3.05, 3.63) is 113 Å². The molecule has 8 nitrogen and oxygen atoms in total. The first-order chi connectivity index (χ1) is 15.7. The first-order valence-electron chi connectivity index (χ1n) is 10.0. The number of fused-ring (bicyclic) bond motifs is 1. The van der Waals surface area contributed by atoms with Crippen molar-refractivity contribution >= 4 is 16.7 Å². The maximum absolute atomic E-state index is 13.2. The lowest BCUT2D eigenvalue weighted by atomic mass is 10.1. The molecule has 0 saturated carbocycles. The second-order valence-corrected chi connectivity index (χ2v) is 7.09. The summed E-state index contributed by atoms with van der Waals surface area (Å²) < 4.78 is 3.04. The zero-order valence-corrected chi connectivity index (χ0v) is 16.9. The number of nitrogens with one attached hydrogen (secondary N) is 1. The minimum Gasteiger partial charge on any atom is -0.346 e. The number of amides is 1. The van der Waals surface area contributed by atoms with E-state index >= 15 is 0 Å². The largest absolute Gasteiger partial charge is 0.346 e. The van der Waals surface area contributed by atoms with Crippen LogP contribution < -0.4 is 10.9 Å². The van der Waals surface area contributed by atoms with Crippen molar-refractivity contribution in [3.63, 3.8) is 0 Å². The van der Waals surface area contributed by atoms with Gasteiger partial charge in [-0.1, -0.05) is 42.5 Å². The van der Waals surface area contributed by atoms with E-state index < -0.39 is 0 Å². The summed E-state index contributed by atoms with van der Waals surface area (Å²) >= 11 is 0. The van der Waals surface area contributed by atoms with Gasteiger partial charge in [-0.2, -0.15) is 9.78 Å². The molecular formula is C24H18N6O2. The van der Waals surface area contributed by atoms with Gasteiger partial charge in [0.25, 0.3) is 11.5 Å². The van der Waals surface area contributed by atoms with Gasteiger partial charge in [0.1, 0.15) is 12.1 Å². The lowest BCUT2D eigenvalue weighted by Crippen LogP contribution is -2.30. The molecule has 0 radical (unpaired) electrons. The van der Waals surface area contributed by atoms with Crippen LogP contribution in [0.2, 0.25) is 0 Å². The summed E-state index contributed by atoms with van der Waals surface area (Å²) in [5, 5.41) is 8.26. The van der Waals surface area contributed by atoms with Gasteiger partial charge in [0, 0.05) is 36.1 Å². The zero-order chi connectivity index (χ0) is 21.9. The summed E-state index contributed by atoms with van der Waals surface area (Å²) in [6.45, 7) is 0.237. The molecule has 5 aromatic rings. The first kappa shape index (κ1) is 19.4. The molecule has 0 spiro atoms. The van der Waals surface area contributed by atoms with Gasteiger partial charge < -0.3 is 5.32 Å². The second kappa shape index (κ2) is 8.27. The van der Waals surface area contributed by atoms with E-state index in [9.17, 15) is 9.59 Å². The van der Waals surface area contributed by atoms with Crippen molar-refractivity contribution in [1.29, 1.82) is 0 Å². The fourth-order valence-electron chi connectivity index (χ4n) is 3.55. The molecule has 1 N–H and O–H groups in total. The van der Waals surface area contributed by atoms with Crippen molar-refractivity contribution in [2.75, 3.05) is 0 Å². The summed E-state index contributed by atoms with van der Waals surface area (Å²) in [6, 6.07) is 19.7. The number of carbonyl (C=O) groups is 1. The smallest absolute Gasteiger partial charge is 0.279 e. The summed E-state index contributed by atoms with van der Waals surface area (Å²) in [4.78, 5) is 34.7.